The molecule has 2 N–H and O–H groups in total. The lowest BCUT2D eigenvalue weighted by molar-refractivity contribution is -0.123. The Kier molecular flexibility index (Phi) is 4.24. The second-order valence-electron chi connectivity index (χ2n) is 3.53. The van der Waals surface area contributed by atoms with Gasteiger partial charge in [0.05, 0.1) is 12.1 Å². The summed E-state index contributed by atoms with van der Waals surface area (Å²) in [4.78, 5) is 15.6. The third kappa shape index (κ3) is 3.32. The van der Waals surface area contributed by atoms with Crippen molar-refractivity contribution < 1.29 is 4.79 Å². The Bertz CT molecular complexity index is 313. The quantitative estimate of drug-likeness (QED) is 0.770. The average molecular weight is 207 g/mol. The number of amides is 1. The van der Waals surface area contributed by atoms with Crippen LogP contribution < -0.4 is 10.6 Å². The fraction of sp³-hybridized carbons (Fsp3) is 0.455. The summed E-state index contributed by atoms with van der Waals surface area (Å²) in [7, 11) is 1.76. The molecule has 0 aromatic carbocycles. The predicted octanol–water partition coefficient (Wildman–Crippen LogP) is 0.867. The fourth-order valence-electron chi connectivity index (χ4n) is 1.18. The predicted molar refractivity (Wildman–Crippen MR) is 59.3 cm³/mol. The van der Waals surface area contributed by atoms with Crippen LogP contribution in [-0.2, 0) is 4.79 Å². The third-order valence-corrected chi connectivity index (χ3v) is 2.37. The number of nitrogens with one attached hydrogen (secondary N) is 2. The molecule has 0 saturated carbocycles. The van der Waals surface area contributed by atoms with Crippen molar-refractivity contribution in [1.82, 2.24) is 15.6 Å². The summed E-state index contributed by atoms with van der Waals surface area (Å²) < 4.78 is 0. The van der Waals surface area contributed by atoms with Gasteiger partial charge in [0.15, 0.2) is 0 Å². The summed E-state index contributed by atoms with van der Waals surface area (Å²) in [6.45, 7) is 3.77. The largest absolute Gasteiger partial charge is 0.348 e. The summed E-state index contributed by atoms with van der Waals surface area (Å²) in [6, 6.07) is 3.62. The van der Waals surface area contributed by atoms with E-state index in [4.69, 9.17) is 0 Å². The van der Waals surface area contributed by atoms with Crippen molar-refractivity contribution in [3.8, 4) is 0 Å². The van der Waals surface area contributed by atoms with Gasteiger partial charge in [-0.25, -0.2) is 0 Å². The first-order chi connectivity index (χ1) is 7.15. The van der Waals surface area contributed by atoms with Crippen LogP contribution in [0.15, 0.2) is 24.5 Å². The van der Waals surface area contributed by atoms with E-state index >= 15 is 0 Å². The summed E-state index contributed by atoms with van der Waals surface area (Å²) >= 11 is 0. The minimum Gasteiger partial charge on any atom is -0.348 e. The highest BCUT2D eigenvalue weighted by Gasteiger charge is 2.13. The van der Waals surface area contributed by atoms with Crippen molar-refractivity contribution in [3.05, 3.63) is 30.1 Å². The normalized spacial score (nSPS) is 14.3. The first-order valence-corrected chi connectivity index (χ1v) is 5.02. The van der Waals surface area contributed by atoms with Gasteiger partial charge in [0.1, 0.15) is 0 Å². The molecule has 0 saturated heterocycles. The molecule has 2 atom stereocenters. The van der Waals surface area contributed by atoms with Gasteiger partial charge in [-0.3, -0.25) is 9.78 Å². The van der Waals surface area contributed by atoms with Crippen LogP contribution >= 0.6 is 0 Å². The number of pyridine rings is 1. The topological polar surface area (TPSA) is 54.0 Å². The number of carbonyl (C=O) groups is 1. The minimum absolute atomic E-state index is 0.00569. The van der Waals surface area contributed by atoms with E-state index in [1.807, 2.05) is 26.0 Å². The number of nitrogens with zero attached hydrogens (tertiary/aromatic N) is 1. The third-order valence-electron chi connectivity index (χ3n) is 2.37. The zero-order valence-corrected chi connectivity index (χ0v) is 9.32. The molecule has 0 bridgehead atoms. The van der Waals surface area contributed by atoms with Crippen LogP contribution in [0.1, 0.15) is 25.5 Å². The molecule has 1 amide bonds. The number of hydrogen-bond acceptors (Lipinski definition) is 3. The Labute approximate surface area is 90.1 Å². The zero-order chi connectivity index (χ0) is 11.3. The van der Waals surface area contributed by atoms with Gasteiger partial charge in [-0.1, -0.05) is 6.07 Å². The maximum atomic E-state index is 11.6. The maximum absolute atomic E-state index is 11.6. The lowest BCUT2D eigenvalue weighted by Crippen LogP contribution is -2.41. The van der Waals surface area contributed by atoms with Gasteiger partial charge in [-0.15, -0.1) is 0 Å². The van der Waals surface area contributed by atoms with Gasteiger partial charge in [0.2, 0.25) is 5.91 Å². The van der Waals surface area contributed by atoms with Crippen molar-refractivity contribution in [2.75, 3.05) is 7.05 Å². The van der Waals surface area contributed by atoms with Gasteiger partial charge in [0.25, 0.3) is 0 Å². The first-order valence-electron chi connectivity index (χ1n) is 5.02. The lowest BCUT2D eigenvalue weighted by Gasteiger charge is -2.17. The van der Waals surface area contributed by atoms with E-state index in [0.29, 0.717) is 0 Å². The van der Waals surface area contributed by atoms with E-state index in [2.05, 4.69) is 15.6 Å². The minimum atomic E-state index is -0.177. The molecule has 0 radical (unpaired) electrons. The summed E-state index contributed by atoms with van der Waals surface area (Å²) in [5, 5.41) is 5.80. The van der Waals surface area contributed by atoms with Gasteiger partial charge in [0, 0.05) is 12.4 Å². The Morgan fingerprint density at radius 3 is 2.73 bits per heavy atom. The van der Waals surface area contributed by atoms with Gasteiger partial charge >= 0.3 is 0 Å². The molecule has 1 heterocycles. The molecular formula is C11H17N3O. The standard InChI is InChI=1S/C11H17N3O/c1-8(10-5-4-6-13-7-10)14-11(15)9(2)12-3/h4-9,12H,1-3H3,(H,14,15)/t8-,9?/m1/s1. The van der Waals surface area contributed by atoms with E-state index in [9.17, 15) is 4.79 Å². The number of aromatic nitrogens is 1. The number of rotatable bonds is 4. The SMILES string of the molecule is CNC(C)C(=O)N[C@H](C)c1cccnc1. The Morgan fingerprint density at radius 2 is 2.20 bits per heavy atom. The zero-order valence-electron chi connectivity index (χ0n) is 9.32. The average Bonchev–Trinajstić information content (AvgIpc) is 2.29. The first kappa shape index (κ1) is 11.7. The molecule has 4 heteroatoms. The number of carbonyl (C=O) groups excluding carboxylic acids is 1. The molecule has 4 nitrogen and oxygen atoms in total. The van der Waals surface area contributed by atoms with E-state index in [1.54, 1.807) is 19.4 Å². The second kappa shape index (κ2) is 5.46. The molecule has 1 unspecified atom stereocenters. The van der Waals surface area contributed by atoms with Crippen molar-refractivity contribution in [3.63, 3.8) is 0 Å². The molecule has 0 aliphatic carbocycles. The Morgan fingerprint density at radius 1 is 1.47 bits per heavy atom. The van der Waals surface area contributed by atoms with E-state index in [0.717, 1.165) is 5.56 Å². The highest BCUT2D eigenvalue weighted by Crippen LogP contribution is 2.09. The molecule has 1 rings (SSSR count). The van der Waals surface area contributed by atoms with Crippen LogP contribution in [0.2, 0.25) is 0 Å². The highest BCUT2D eigenvalue weighted by molar-refractivity contribution is 5.81. The molecule has 82 valence electrons. The van der Waals surface area contributed by atoms with Crippen molar-refractivity contribution in [1.29, 1.82) is 0 Å². The van der Waals surface area contributed by atoms with Crippen LogP contribution in [0.5, 0.6) is 0 Å². The molecule has 1 aromatic rings. The molecular weight excluding hydrogens is 190 g/mol. The van der Waals surface area contributed by atoms with Crippen molar-refractivity contribution >= 4 is 5.91 Å². The second-order valence-corrected chi connectivity index (χ2v) is 3.53. The summed E-state index contributed by atoms with van der Waals surface area (Å²) in [5.41, 5.74) is 1.01. The molecule has 1 aromatic heterocycles. The number of likely N-dealkylation sites (N-methyl/N-ethyl adjacent to an activating group) is 1. The smallest absolute Gasteiger partial charge is 0.237 e. The van der Waals surface area contributed by atoms with E-state index < -0.39 is 0 Å². The molecule has 15 heavy (non-hydrogen) atoms. The highest BCUT2D eigenvalue weighted by atomic mass is 16.2. The van der Waals surface area contributed by atoms with Crippen LogP contribution in [0.4, 0.5) is 0 Å². The van der Waals surface area contributed by atoms with Gasteiger partial charge < -0.3 is 10.6 Å². The maximum Gasteiger partial charge on any atom is 0.237 e. The Hall–Kier alpha value is -1.42. The molecule has 0 aliphatic rings. The monoisotopic (exact) mass is 207 g/mol. The fourth-order valence-corrected chi connectivity index (χ4v) is 1.18. The molecule has 0 aliphatic heterocycles. The summed E-state index contributed by atoms with van der Waals surface area (Å²) in [5.74, 6) is -0.00569. The Balaban J connectivity index is 2.56. The van der Waals surface area contributed by atoms with Crippen LogP contribution in [0, 0.1) is 0 Å². The van der Waals surface area contributed by atoms with Crippen molar-refractivity contribution in [2.24, 2.45) is 0 Å². The molecule has 0 fully saturated rings. The lowest BCUT2D eigenvalue weighted by atomic mass is 10.1. The van der Waals surface area contributed by atoms with E-state index in [-0.39, 0.29) is 18.0 Å². The van der Waals surface area contributed by atoms with Crippen LogP contribution in [0.3, 0.4) is 0 Å². The van der Waals surface area contributed by atoms with Gasteiger partial charge in [-0.05, 0) is 32.5 Å². The van der Waals surface area contributed by atoms with Crippen LogP contribution in [0.25, 0.3) is 0 Å². The van der Waals surface area contributed by atoms with Crippen LogP contribution in [-0.4, -0.2) is 24.0 Å². The van der Waals surface area contributed by atoms with Crippen molar-refractivity contribution in [2.45, 2.75) is 25.9 Å². The van der Waals surface area contributed by atoms with E-state index in [1.165, 1.54) is 0 Å². The molecule has 0 spiro atoms. The summed E-state index contributed by atoms with van der Waals surface area (Å²) in [6.07, 6.45) is 3.48. The van der Waals surface area contributed by atoms with Gasteiger partial charge in [-0.2, -0.15) is 0 Å². The number of hydrogen-bond donors (Lipinski definition) is 2.